The highest BCUT2D eigenvalue weighted by molar-refractivity contribution is 5.81. The largest absolute Gasteiger partial charge is 0.372 e. The van der Waals surface area contributed by atoms with E-state index in [-0.39, 0.29) is 0 Å². The van der Waals surface area contributed by atoms with E-state index in [4.69, 9.17) is 4.52 Å². The lowest BCUT2D eigenvalue weighted by molar-refractivity contribution is 0.400. The normalized spacial score (nSPS) is 11.9. The molecule has 4 heterocycles. The summed E-state index contributed by atoms with van der Waals surface area (Å²) >= 11 is 0. The van der Waals surface area contributed by atoms with Gasteiger partial charge in [0.15, 0.2) is 11.6 Å². The summed E-state index contributed by atoms with van der Waals surface area (Å²) in [5, 5.41) is 24.9. The third-order valence-corrected chi connectivity index (χ3v) is 5.78. The molecule has 3 aromatic heterocycles. The van der Waals surface area contributed by atoms with E-state index in [1.54, 1.807) is 0 Å². The summed E-state index contributed by atoms with van der Waals surface area (Å²) in [5.74, 6) is 3.04. The van der Waals surface area contributed by atoms with Crippen LogP contribution in [0.4, 0.5) is 5.82 Å². The molecule has 0 fully saturated rings. The third-order valence-electron chi connectivity index (χ3n) is 5.78. The second kappa shape index (κ2) is 7.12. The van der Waals surface area contributed by atoms with Gasteiger partial charge in [0.2, 0.25) is 0 Å². The van der Waals surface area contributed by atoms with Crippen LogP contribution in [0.5, 0.6) is 0 Å². The van der Waals surface area contributed by atoms with Crippen molar-refractivity contribution in [3.63, 3.8) is 0 Å². The molecule has 32 heavy (non-hydrogen) atoms. The highest BCUT2D eigenvalue weighted by Crippen LogP contribution is 2.39. The van der Waals surface area contributed by atoms with E-state index in [0.29, 0.717) is 6.54 Å². The Morgan fingerprint density at radius 2 is 1.72 bits per heavy atom. The molecule has 6 rings (SSSR count). The van der Waals surface area contributed by atoms with E-state index in [0.717, 1.165) is 56.9 Å². The number of hydrogen-bond acceptors (Lipinski definition) is 7. The van der Waals surface area contributed by atoms with Gasteiger partial charge in [0.1, 0.15) is 17.3 Å². The lowest BCUT2D eigenvalue weighted by Gasteiger charge is -2.05. The van der Waals surface area contributed by atoms with Crippen LogP contribution in [0.2, 0.25) is 0 Å². The van der Waals surface area contributed by atoms with Crippen molar-refractivity contribution in [2.45, 2.75) is 13.5 Å². The van der Waals surface area contributed by atoms with Crippen molar-refractivity contribution in [1.82, 2.24) is 30.1 Å². The first-order valence-corrected chi connectivity index (χ1v) is 10.3. The zero-order chi connectivity index (χ0) is 21.7. The molecule has 0 saturated heterocycles. The average Bonchev–Trinajstić information content (AvgIpc) is 3.52. The van der Waals surface area contributed by atoms with Crippen LogP contribution in [-0.4, -0.2) is 37.2 Å². The number of rotatable bonds is 4. The van der Waals surface area contributed by atoms with Gasteiger partial charge in [-0.3, -0.25) is 0 Å². The minimum absolute atomic E-state index is 0.691. The van der Waals surface area contributed by atoms with E-state index in [1.165, 1.54) is 5.56 Å². The zero-order valence-electron chi connectivity index (χ0n) is 17.6. The molecule has 8 heteroatoms. The van der Waals surface area contributed by atoms with Crippen molar-refractivity contribution >= 4 is 5.82 Å². The van der Waals surface area contributed by atoms with Gasteiger partial charge in [0, 0.05) is 23.7 Å². The molecular formula is C24H19N7O. The minimum atomic E-state index is 0.691. The van der Waals surface area contributed by atoms with Crippen LogP contribution in [0.1, 0.15) is 11.3 Å². The molecule has 0 aliphatic carbocycles. The molecule has 156 valence electrons. The molecule has 1 aliphatic rings. The van der Waals surface area contributed by atoms with Crippen LogP contribution in [0, 0.1) is 6.92 Å². The van der Waals surface area contributed by atoms with E-state index in [1.807, 2.05) is 56.4 Å². The number of nitrogens with zero attached hydrogens (tertiary/aromatic N) is 6. The predicted octanol–water partition coefficient (Wildman–Crippen LogP) is 4.44. The highest BCUT2D eigenvalue weighted by atomic mass is 16.5. The Balaban J connectivity index is 1.43. The van der Waals surface area contributed by atoms with Crippen molar-refractivity contribution in [3.05, 3.63) is 72.0 Å². The van der Waals surface area contributed by atoms with Crippen molar-refractivity contribution in [2.75, 3.05) is 12.4 Å². The van der Waals surface area contributed by atoms with Gasteiger partial charge in [-0.05, 0) is 30.7 Å². The SMILES string of the molecule is CNc1ccc(-c2ccc3c(c2)-c2nnc(-c4c(-c5ccccc5)noc4C)n2C3)nn1. The third kappa shape index (κ3) is 2.80. The summed E-state index contributed by atoms with van der Waals surface area (Å²) < 4.78 is 7.68. The van der Waals surface area contributed by atoms with Gasteiger partial charge in [-0.1, -0.05) is 47.6 Å². The van der Waals surface area contributed by atoms with Crippen LogP contribution >= 0.6 is 0 Å². The van der Waals surface area contributed by atoms with E-state index < -0.39 is 0 Å². The summed E-state index contributed by atoms with van der Waals surface area (Å²) in [6, 6.07) is 20.2. The molecule has 8 nitrogen and oxygen atoms in total. The van der Waals surface area contributed by atoms with Crippen LogP contribution in [0.15, 0.2) is 65.2 Å². The lowest BCUT2D eigenvalue weighted by atomic mass is 10.0. The Hall–Kier alpha value is -4.33. The summed E-state index contributed by atoms with van der Waals surface area (Å²) in [6.07, 6.45) is 0. The topological polar surface area (TPSA) is 94.6 Å². The van der Waals surface area contributed by atoms with Gasteiger partial charge in [-0.15, -0.1) is 20.4 Å². The number of hydrogen-bond donors (Lipinski definition) is 1. The molecule has 1 aliphatic heterocycles. The van der Waals surface area contributed by atoms with Gasteiger partial charge in [0.05, 0.1) is 17.8 Å². The minimum Gasteiger partial charge on any atom is -0.372 e. The zero-order valence-corrected chi connectivity index (χ0v) is 17.6. The van der Waals surface area contributed by atoms with E-state index in [2.05, 4.69) is 53.6 Å². The first kappa shape index (κ1) is 18.4. The average molecular weight is 421 g/mol. The van der Waals surface area contributed by atoms with Gasteiger partial charge < -0.3 is 14.4 Å². The number of fused-ring (bicyclic) bond motifs is 3. The number of nitrogens with one attached hydrogen (secondary N) is 1. The molecule has 1 N–H and O–H groups in total. The van der Waals surface area contributed by atoms with Crippen LogP contribution in [0.3, 0.4) is 0 Å². The smallest absolute Gasteiger partial charge is 0.170 e. The molecule has 0 unspecified atom stereocenters. The molecule has 0 bridgehead atoms. The van der Waals surface area contributed by atoms with Crippen LogP contribution < -0.4 is 5.32 Å². The predicted molar refractivity (Wildman–Crippen MR) is 121 cm³/mol. The fraction of sp³-hybridized carbons (Fsp3) is 0.125. The first-order chi connectivity index (χ1) is 15.7. The Morgan fingerprint density at radius 1 is 0.875 bits per heavy atom. The fourth-order valence-electron chi connectivity index (χ4n) is 4.14. The number of anilines is 1. The Kier molecular flexibility index (Phi) is 4.10. The van der Waals surface area contributed by atoms with E-state index in [9.17, 15) is 0 Å². The van der Waals surface area contributed by atoms with Crippen molar-refractivity contribution in [1.29, 1.82) is 0 Å². The summed E-state index contributed by atoms with van der Waals surface area (Å²) in [6.45, 7) is 2.60. The molecule has 0 spiro atoms. The number of aromatic nitrogens is 6. The molecule has 0 saturated carbocycles. The number of benzene rings is 2. The lowest BCUT2D eigenvalue weighted by Crippen LogP contribution is -1.98. The maximum absolute atomic E-state index is 5.56. The van der Waals surface area contributed by atoms with Crippen LogP contribution in [-0.2, 0) is 6.54 Å². The second-order valence-corrected chi connectivity index (χ2v) is 7.69. The summed E-state index contributed by atoms with van der Waals surface area (Å²) in [5.41, 5.74) is 6.67. The Bertz CT molecular complexity index is 1440. The highest BCUT2D eigenvalue weighted by Gasteiger charge is 2.29. The second-order valence-electron chi connectivity index (χ2n) is 7.69. The van der Waals surface area contributed by atoms with Gasteiger partial charge in [-0.25, -0.2) is 0 Å². The first-order valence-electron chi connectivity index (χ1n) is 10.3. The van der Waals surface area contributed by atoms with Crippen molar-refractivity contribution < 1.29 is 4.52 Å². The Labute approximate surface area is 183 Å². The van der Waals surface area contributed by atoms with Gasteiger partial charge in [-0.2, -0.15) is 0 Å². The Morgan fingerprint density at radius 3 is 2.50 bits per heavy atom. The fourth-order valence-corrected chi connectivity index (χ4v) is 4.14. The standard InChI is InChI=1S/C24H19N7O/c1-14-21(22(30-32-14)15-6-4-3-5-7-15)24-29-28-23-18-12-16(8-9-17(18)13-31(23)24)19-10-11-20(25-2)27-26-19/h3-12H,13H2,1-2H3,(H,25,27). The molecule has 5 aromatic rings. The van der Waals surface area contributed by atoms with Gasteiger partial charge in [0.25, 0.3) is 0 Å². The molecule has 2 aromatic carbocycles. The number of aryl methyl sites for hydroxylation is 1. The molecule has 0 radical (unpaired) electrons. The maximum atomic E-state index is 5.56. The molecular weight excluding hydrogens is 402 g/mol. The van der Waals surface area contributed by atoms with Gasteiger partial charge >= 0.3 is 0 Å². The molecule has 0 amide bonds. The monoisotopic (exact) mass is 421 g/mol. The quantitative estimate of drug-likeness (QED) is 0.450. The van der Waals surface area contributed by atoms with Crippen molar-refractivity contribution in [2.24, 2.45) is 0 Å². The van der Waals surface area contributed by atoms with Crippen molar-refractivity contribution in [3.8, 4) is 45.3 Å². The van der Waals surface area contributed by atoms with Crippen LogP contribution in [0.25, 0.3) is 45.3 Å². The summed E-state index contributed by atoms with van der Waals surface area (Å²) in [4.78, 5) is 0. The maximum Gasteiger partial charge on any atom is 0.170 e. The van der Waals surface area contributed by atoms with E-state index >= 15 is 0 Å². The molecule has 0 atom stereocenters. The summed E-state index contributed by atoms with van der Waals surface area (Å²) in [7, 11) is 1.82.